The number of rotatable bonds is 7. The minimum atomic E-state index is -0.551. The topological polar surface area (TPSA) is 112 Å². The van der Waals surface area contributed by atoms with Crippen molar-refractivity contribution in [1.82, 2.24) is 19.5 Å². The number of nitrogens with zero attached hydrogens (tertiary/aromatic N) is 4. The summed E-state index contributed by atoms with van der Waals surface area (Å²) in [6.07, 6.45) is 3.46. The van der Waals surface area contributed by atoms with Crippen LogP contribution in [0.3, 0.4) is 0 Å². The van der Waals surface area contributed by atoms with Crippen molar-refractivity contribution < 1.29 is 18.8 Å². The zero-order valence-electron chi connectivity index (χ0n) is 21.0. The normalized spacial score (nSPS) is 11.9. The number of aromatic nitrogens is 4. The van der Waals surface area contributed by atoms with E-state index in [2.05, 4.69) is 38.0 Å². The Labute approximate surface area is 217 Å². The number of carbonyl (C=O) groups excluding carboxylic acids is 1. The van der Waals surface area contributed by atoms with Gasteiger partial charge in [-0.2, -0.15) is 0 Å². The molecule has 4 heterocycles. The average molecular weight is 516 g/mol. The van der Waals surface area contributed by atoms with Gasteiger partial charge in [0.1, 0.15) is 6.26 Å². The van der Waals surface area contributed by atoms with Crippen LogP contribution in [0.4, 0.5) is 5.69 Å². The van der Waals surface area contributed by atoms with Crippen LogP contribution in [-0.4, -0.2) is 39.7 Å². The zero-order valence-corrected chi connectivity index (χ0v) is 21.8. The van der Waals surface area contributed by atoms with Crippen LogP contribution >= 0.6 is 11.5 Å². The molecule has 1 N–H and O–H groups in total. The smallest absolute Gasteiger partial charge is 0.358 e. The molecular weight excluding hydrogens is 490 g/mol. The molecule has 0 spiro atoms. The molecule has 0 aliphatic carbocycles. The second kappa shape index (κ2) is 9.98. The number of carbonyl (C=O) groups is 1. The fraction of sp³-hybridized carbons (Fsp3) is 0.222. The van der Waals surface area contributed by atoms with Gasteiger partial charge < -0.3 is 19.3 Å². The number of hydrogen-bond acceptors (Lipinski definition) is 10. The molecule has 0 aliphatic heterocycles. The molecule has 0 bridgehead atoms. The van der Waals surface area contributed by atoms with Crippen molar-refractivity contribution in [3.8, 4) is 28.3 Å². The van der Waals surface area contributed by atoms with Gasteiger partial charge in [0.2, 0.25) is 5.88 Å². The molecule has 0 radical (unpaired) electrons. The van der Waals surface area contributed by atoms with Crippen molar-refractivity contribution in [2.75, 3.05) is 19.5 Å². The van der Waals surface area contributed by atoms with Crippen LogP contribution < -0.4 is 10.1 Å². The minimum Gasteiger partial charge on any atom is -0.481 e. The molecule has 9 nitrogen and oxygen atoms in total. The third-order valence-corrected chi connectivity index (χ3v) is 6.74. The number of anilines is 1. The van der Waals surface area contributed by atoms with E-state index >= 15 is 0 Å². The lowest BCUT2D eigenvalue weighted by atomic mass is 9.94. The summed E-state index contributed by atoms with van der Waals surface area (Å²) < 4.78 is 19.7. The first-order valence-corrected chi connectivity index (χ1v) is 12.4. The maximum absolute atomic E-state index is 12.4. The summed E-state index contributed by atoms with van der Waals surface area (Å²) in [5.74, 6) is -0.222. The monoisotopic (exact) mass is 515 g/mol. The fourth-order valence-electron chi connectivity index (χ4n) is 4.33. The summed E-state index contributed by atoms with van der Waals surface area (Å²) in [6, 6.07) is 9.58. The number of methoxy groups -OCH3 is 2. The number of benzene rings is 1. The second-order valence-corrected chi connectivity index (χ2v) is 9.30. The molecule has 1 unspecified atom stereocenters. The molecule has 1 atom stereocenters. The Morgan fingerprint density at radius 2 is 1.95 bits per heavy atom. The van der Waals surface area contributed by atoms with E-state index in [1.165, 1.54) is 25.8 Å². The Morgan fingerprint density at radius 3 is 2.62 bits per heavy atom. The molecule has 0 amide bonds. The maximum Gasteiger partial charge on any atom is 0.358 e. The molecule has 4 aromatic heterocycles. The van der Waals surface area contributed by atoms with Crippen LogP contribution in [0.2, 0.25) is 0 Å². The van der Waals surface area contributed by atoms with Crippen molar-refractivity contribution in [3.05, 3.63) is 70.7 Å². The molecular formula is C27H25N5O4S. The highest BCUT2D eigenvalue weighted by Gasteiger charge is 2.21. The lowest BCUT2D eigenvalue weighted by molar-refractivity contribution is 0.0594. The minimum absolute atomic E-state index is 0.152. The molecule has 0 saturated heterocycles. The number of hydrogen-bond donors (Lipinski definition) is 1. The van der Waals surface area contributed by atoms with Gasteiger partial charge in [-0.05, 0) is 61.6 Å². The van der Waals surface area contributed by atoms with Crippen molar-refractivity contribution >= 4 is 34.1 Å². The highest BCUT2D eigenvalue weighted by molar-refractivity contribution is 7.03. The molecule has 10 heteroatoms. The molecule has 1 aromatic carbocycles. The Hall–Kier alpha value is -4.31. The first-order chi connectivity index (χ1) is 17.9. The van der Waals surface area contributed by atoms with E-state index in [0.717, 1.165) is 50.1 Å². The summed E-state index contributed by atoms with van der Waals surface area (Å²) in [7, 11) is 2.83. The lowest BCUT2D eigenvalue weighted by Crippen LogP contribution is -2.14. The van der Waals surface area contributed by atoms with E-state index in [0.29, 0.717) is 11.6 Å². The number of fused-ring (bicyclic) bond motifs is 1. The van der Waals surface area contributed by atoms with Gasteiger partial charge in [0, 0.05) is 40.2 Å². The van der Waals surface area contributed by atoms with Crippen molar-refractivity contribution in [1.29, 1.82) is 0 Å². The number of ether oxygens (including phenoxy) is 2. The van der Waals surface area contributed by atoms with E-state index < -0.39 is 5.97 Å². The zero-order chi connectivity index (χ0) is 26.1. The van der Waals surface area contributed by atoms with Crippen LogP contribution in [0.25, 0.3) is 33.3 Å². The SMILES string of the molecule is COC(=O)c1nc(OC)ccc1NC(C)c1cc(C)cc2nc(-c3conc3C)c(-c3cnsc3)cc12. The summed E-state index contributed by atoms with van der Waals surface area (Å²) >= 11 is 1.38. The third-order valence-electron chi connectivity index (χ3n) is 6.16. The number of esters is 1. The van der Waals surface area contributed by atoms with Gasteiger partial charge in [-0.1, -0.05) is 11.2 Å². The number of aryl methyl sites for hydroxylation is 2. The summed E-state index contributed by atoms with van der Waals surface area (Å²) in [4.78, 5) is 21.8. The van der Waals surface area contributed by atoms with E-state index in [9.17, 15) is 4.79 Å². The van der Waals surface area contributed by atoms with E-state index in [1.54, 1.807) is 18.4 Å². The summed E-state index contributed by atoms with van der Waals surface area (Å²) in [5, 5.41) is 10.5. The Balaban J connectivity index is 1.65. The quantitative estimate of drug-likeness (QED) is 0.261. The van der Waals surface area contributed by atoms with Crippen LogP contribution in [0.5, 0.6) is 5.88 Å². The van der Waals surface area contributed by atoms with E-state index in [-0.39, 0.29) is 11.7 Å². The molecule has 37 heavy (non-hydrogen) atoms. The molecule has 5 rings (SSSR count). The second-order valence-electron chi connectivity index (χ2n) is 8.64. The van der Waals surface area contributed by atoms with Crippen LogP contribution in [0.15, 0.2) is 52.7 Å². The maximum atomic E-state index is 12.4. The predicted molar refractivity (Wildman–Crippen MR) is 142 cm³/mol. The van der Waals surface area contributed by atoms with Crippen LogP contribution in [0.1, 0.15) is 40.3 Å². The van der Waals surface area contributed by atoms with Crippen molar-refractivity contribution in [2.24, 2.45) is 0 Å². The lowest BCUT2D eigenvalue weighted by Gasteiger charge is -2.21. The first kappa shape index (κ1) is 24.4. The van der Waals surface area contributed by atoms with Gasteiger partial charge in [-0.15, -0.1) is 0 Å². The fourth-order valence-corrected chi connectivity index (χ4v) is 4.86. The highest BCUT2D eigenvalue weighted by atomic mass is 32.1. The van der Waals surface area contributed by atoms with E-state index in [1.807, 2.05) is 32.3 Å². The predicted octanol–water partition coefficient (Wildman–Crippen LogP) is 5.99. The summed E-state index contributed by atoms with van der Waals surface area (Å²) in [6.45, 7) is 5.96. The Bertz CT molecular complexity index is 1600. The molecule has 5 aromatic rings. The number of pyridine rings is 2. The van der Waals surface area contributed by atoms with Crippen molar-refractivity contribution in [2.45, 2.75) is 26.8 Å². The van der Waals surface area contributed by atoms with Gasteiger partial charge in [-0.25, -0.2) is 19.1 Å². The summed E-state index contributed by atoms with van der Waals surface area (Å²) in [5.41, 5.74) is 7.91. The van der Waals surface area contributed by atoms with Crippen LogP contribution in [-0.2, 0) is 4.74 Å². The van der Waals surface area contributed by atoms with Gasteiger partial charge in [-0.3, -0.25) is 0 Å². The third kappa shape index (κ3) is 4.63. The molecule has 188 valence electrons. The standard InChI is InChI=1S/C27H25N5O4S/c1-14-8-18(15(2)29-22-6-7-24(34-4)31-26(22)27(33)35-5)20-10-19(17-11-28-37-13-17)25(30-23(20)9-14)21-12-36-32-16(21)3/h6-13,15,29H,1-5H3. The molecule has 0 saturated carbocycles. The van der Waals surface area contributed by atoms with Gasteiger partial charge in [0.25, 0.3) is 0 Å². The van der Waals surface area contributed by atoms with Crippen LogP contribution in [0, 0.1) is 13.8 Å². The molecule has 0 fully saturated rings. The number of nitrogens with one attached hydrogen (secondary N) is 1. The Kier molecular flexibility index (Phi) is 6.58. The van der Waals surface area contributed by atoms with Gasteiger partial charge in [0.05, 0.1) is 42.4 Å². The average Bonchev–Trinajstić information content (AvgIpc) is 3.59. The molecule has 0 aliphatic rings. The first-order valence-electron chi connectivity index (χ1n) is 11.6. The highest BCUT2D eigenvalue weighted by Crippen LogP contribution is 2.38. The largest absolute Gasteiger partial charge is 0.481 e. The van der Waals surface area contributed by atoms with E-state index in [4.69, 9.17) is 19.0 Å². The van der Waals surface area contributed by atoms with Gasteiger partial charge >= 0.3 is 5.97 Å². The van der Waals surface area contributed by atoms with Crippen molar-refractivity contribution in [3.63, 3.8) is 0 Å². The van der Waals surface area contributed by atoms with Gasteiger partial charge in [0.15, 0.2) is 5.69 Å². The Morgan fingerprint density at radius 1 is 1.11 bits per heavy atom.